The summed E-state index contributed by atoms with van der Waals surface area (Å²) in [6.07, 6.45) is 4.90. The number of para-hydroxylation sites is 1. The quantitative estimate of drug-likeness (QED) is 0.320. The van der Waals surface area contributed by atoms with Gasteiger partial charge >= 0.3 is 6.09 Å². The number of alkyl carbamates (subject to hydrolysis) is 1. The number of amides is 1. The van der Waals surface area contributed by atoms with Gasteiger partial charge in [-0.2, -0.15) is 4.80 Å². The molecule has 7 rings (SSSR count). The lowest BCUT2D eigenvalue weighted by Crippen LogP contribution is -2.75. The monoisotopic (exact) mass is 556 g/mol. The van der Waals surface area contributed by atoms with E-state index in [0.717, 1.165) is 29.6 Å². The molecule has 5 heterocycles. The minimum Gasteiger partial charge on any atom is -0.438 e. The second-order valence-electron chi connectivity index (χ2n) is 10.9. The molecule has 5 atom stereocenters. The number of aromatic nitrogens is 5. The first-order valence-electron chi connectivity index (χ1n) is 13.6. The zero-order valence-electron chi connectivity index (χ0n) is 22.6. The SMILES string of the molecule is C/C=C(\N=C(N)C1CC2CC(=Nc3ccccc32)C(c2nnn(C)n2)(C23CCC2NC(=O)O3)N1)c1ccc(F)cn1. The third-order valence-electron chi connectivity index (χ3n) is 8.70. The van der Waals surface area contributed by atoms with Gasteiger partial charge < -0.3 is 15.8 Å². The highest BCUT2D eigenvalue weighted by atomic mass is 19.1. The number of nitrogens with two attached hydrogens (primary N) is 1. The van der Waals surface area contributed by atoms with Crippen molar-refractivity contribution in [1.29, 1.82) is 0 Å². The number of tetrazole rings is 1. The highest BCUT2D eigenvalue weighted by molar-refractivity contribution is 6.02. The van der Waals surface area contributed by atoms with Crippen molar-refractivity contribution < 1.29 is 13.9 Å². The van der Waals surface area contributed by atoms with Crippen molar-refractivity contribution in [2.45, 2.75) is 61.7 Å². The lowest BCUT2D eigenvalue weighted by Gasteiger charge is -2.54. The fourth-order valence-corrected chi connectivity index (χ4v) is 6.72. The summed E-state index contributed by atoms with van der Waals surface area (Å²) in [6.45, 7) is 1.82. The van der Waals surface area contributed by atoms with E-state index in [1.165, 1.54) is 10.9 Å². The van der Waals surface area contributed by atoms with E-state index in [9.17, 15) is 9.18 Å². The molecule has 2 aromatic heterocycles. The number of nitrogens with zero attached hydrogens (tertiary/aromatic N) is 7. The van der Waals surface area contributed by atoms with Crippen LogP contribution in [0.1, 0.15) is 55.6 Å². The smallest absolute Gasteiger partial charge is 0.408 e. The van der Waals surface area contributed by atoms with Crippen LogP contribution in [-0.2, 0) is 17.3 Å². The van der Waals surface area contributed by atoms with Crippen molar-refractivity contribution in [3.8, 4) is 0 Å². The lowest BCUT2D eigenvalue weighted by molar-refractivity contribution is -0.0808. The highest BCUT2D eigenvalue weighted by Gasteiger charge is 2.73. The Morgan fingerprint density at radius 1 is 1.29 bits per heavy atom. The molecule has 0 spiro atoms. The molecule has 0 radical (unpaired) electrons. The molecule has 3 aliphatic heterocycles. The minimum atomic E-state index is -1.24. The molecule has 12 nitrogen and oxygen atoms in total. The van der Waals surface area contributed by atoms with Crippen molar-refractivity contribution in [3.05, 3.63) is 71.6 Å². The van der Waals surface area contributed by atoms with Crippen LogP contribution in [0.4, 0.5) is 14.9 Å². The first kappa shape index (κ1) is 25.4. The van der Waals surface area contributed by atoms with Gasteiger partial charge in [0.15, 0.2) is 11.1 Å². The third-order valence-corrected chi connectivity index (χ3v) is 8.70. The van der Waals surface area contributed by atoms with Gasteiger partial charge in [-0.3, -0.25) is 15.3 Å². The molecule has 4 N–H and O–H groups in total. The van der Waals surface area contributed by atoms with Crippen molar-refractivity contribution in [2.75, 3.05) is 0 Å². The topological polar surface area (TPSA) is 158 Å². The van der Waals surface area contributed by atoms with Gasteiger partial charge in [-0.15, -0.1) is 10.2 Å². The summed E-state index contributed by atoms with van der Waals surface area (Å²) < 4.78 is 19.7. The fraction of sp³-hybridized carbons (Fsp3) is 0.393. The maximum absolute atomic E-state index is 13.6. The predicted molar refractivity (Wildman–Crippen MR) is 148 cm³/mol. The molecule has 4 aliphatic rings. The van der Waals surface area contributed by atoms with Gasteiger partial charge in [-0.05, 0) is 67.5 Å². The van der Waals surface area contributed by atoms with E-state index in [1.54, 1.807) is 19.2 Å². The van der Waals surface area contributed by atoms with Crippen LogP contribution in [0.5, 0.6) is 0 Å². The number of nitrogens with one attached hydrogen (secondary N) is 2. The van der Waals surface area contributed by atoms with Gasteiger partial charge in [-0.1, -0.05) is 24.3 Å². The van der Waals surface area contributed by atoms with E-state index in [4.69, 9.17) is 20.5 Å². The van der Waals surface area contributed by atoms with Gasteiger partial charge in [0.05, 0.1) is 48.1 Å². The number of fused-ring (bicyclic) bond motifs is 5. The largest absolute Gasteiger partial charge is 0.438 e. The summed E-state index contributed by atoms with van der Waals surface area (Å²) in [4.78, 5) is 28.2. The first-order valence-corrected chi connectivity index (χ1v) is 13.6. The fourth-order valence-electron chi connectivity index (χ4n) is 6.72. The molecule has 3 aromatic rings. The van der Waals surface area contributed by atoms with Crippen LogP contribution in [0, 0.1) is 5.82 Å². The highest BCUT2D eigenvalue weighted by Crippen LogP contribution is 2.56. The molecule has 2 bridgehead atoms. The van der Waals surface area contributed by atoms with E-state index in [-0.39, 0.29) is 12.0 Å². The Labute approximate surface area is 235 Å². The molecule has 1 amide bonds. The van der Waals surface area contributed by atoms with Crippen LogP contribution in [0.2, 0.25) is 0 Å². The average Bonchev–Trinajstić information content (AvgIpc) is 3.46. The molecule has 41 heavy (non-hydrogen) atoms. The summed E-state index contributed by atoms with van der Waals surface area (Å²) >= 11 is 0. The van der Waals surface area contributed by atoms with Gasteiger partial charge in [-0.25, -0.2) is 14.2 Å². The molecular formula is C28H29FN10O2. The molecule has 5 unspecified atom stereocenters. The number of aryl methyl sites for hydroxylation is 1. The van der Waals surface area contributed by atoms with Crippen molar-refractivity contribution >= 4 is 29.0 Å². The number of benzene rings is 1. The number of allylic oxidation sites excluding steroid dienone is 1. The average molecular weight is 557 g/mol. The van der Waals surface area contributed by atoms with E-state index < -0.39 is 29.1 Å². The van der Waals surface area contributed by atoms with Crippen LogP contribution < -0.4 is 16.4 Å². The maximum atomic E-state index is 13.6. The van der Waals surface area contributed by atoms with Gasteiger partial charge in [0.2, 0.25) is 5.82 Å². The van der Waals surface area contributed by atoms with Gasteiger partial charge in [0.25, 0.3) is 0 Å². The molecule has 1 aliphatic carbocycles. The maximum Gasteiger partial charge on any atom is 0.408 e. The number of pyridine rings is 1. The number of amidine groups is 1. The normalized spacial score (nSPS) is 30.8. The third kappa shape index (κ3) is 3.79. The molecule has 13 heteroatoms. The van der Waals surface area contributed by atoms with Crippen LogP contribution >= 0.6 is 0 Å². The van der Waals surface area contributed by atoms with E-state index >= 15 is 0 Å². The van der Waals surface area contributed by atoms with Crippen LogP contribution in [0.15, 0.2) is 58.7 Å². The summed E-state index contributed by atoms with van der Waals surface area (Å²) in [5.74, 6) is 0.256. The lowest BCUT2D eigenvalue weighted by atomic mass is 9.59. The number of carbonyl (C=O) groups is 1. The Morgan fingerprint density at radius 2 is 2.15 bits per heavy atom. The number of hydrogen-bond acceptors (Lipinski definition) is 9. The van der Waals surface area contributed by atoms with E-state index in [0.29, 0.717) is 42.3 Å². The molecule has 210 valence electrons. The number of halogens is 1. The Balaban J connectivity index is 1.42. The molecule has 3 fully saturated rings. The zero-order chi connectivity index (χ0) is 28.4. The van der Waals surface area contributed by atoms with Crippen molar-refractivity contribution in [1.82, 2.24) is 35.8 Å². The molecule has 1 saturated carbocycles. The van der Waals surface area contributed by atoms with Crippen LogP contribution in [0.25, 0.3) is 5.70 Å². The van der Waals surface area contributed by atoms with Crippen LogP contribution in [-0.4, -0.2) is 60.5 Å². The summed E-state index contributed by atoms with van der Waals surface area (Å²) in [5, 5.41) is 20.0. The standard InChI is InChI=1S/C28H29FN10O2/c1-3-18(20-9-8-16(29)14-31-20)33-24(30)21-12-15-13-23(32-19-7-5-4-6-17(15)19)28(35-21,25-36-38-39(2)37-25)27-11-10-22(27)34-26(40)41-27/h3-9,14-15,21-22,35H,10-13H2,1-2H3,(H2,30,33)(H,34,40)/b18-3-. The van der Waals surface area contributed by atoms with Crippen molar-refractivity contribution in [3.63, 3.8) is 0 Å². The summed E-state index contributed by atoms with van der Waals surface area (Å²) in [7, 11) is 1.69. The van der Waals surface area contributed by atoms with E-state index in [1.807, 2.05) is 25.1 Å². The Kier molecular flexibility index (Phi) is 5.75. The van der Waals surface area contributed by atoms with E-state index in [2.05, 4.69) is 37.1 Å². The summed E-state index contributed by atoms with van der Waals surface area (Å²) in [6, 6.07) is 10.1. The Morgan fingerprint density at radius 3 is 2.83 bits per heavy atom. The number of hydrogen-bond donors (Lipinski definition) is 3. The van der Waals surface area contributed by atoms with Crippen molar-refractivity contribution in [2.24, 2.45) is 22.8 Å². The Bertz CT molecular complexity index is 1630. The van der Waals surface area contributed by atoms with Gasteiger partial charge in [0.1, 0.15) is 11.7 Å². The zero-order valence-corrected chi connectivity index (χ0v) is 22.6. The number of carbonyl (C=O) groups excluding carboxylic acids is 1. The number of ether oxygens (including phenoxy) is 1. The molecular weight excluding hydrogens is 527 g/mol. The molecule has 1 aromatic carbocycles. The van der Waals surface area contributed by atoms with Crippen LogP contribution in [0.3, 0.4) is 0 Å². The Hall–Kier alpha value is -4.52. The molecule has 2 saturated heterocycles. The summed E-state index contributed by atoms with van der Waals surface area (Å²) in [5.41, 5.74) is 8.24. The number of rotatable bonds is 5. The second-order valence-corrected chi connectivity index (χ2v) is 10.9. The second kappa shape index (κ2) is 9.26. The number of aliphatic imine (C=N–C) groups is 2. The minimum absolute atomic E-state index is 0.0430. The van der Waals surface area contributed by atoms with Gasteiger partial charge in [0, 0.05) is 0 Å². The predicted octanol–water partition coefficient (Wildman–Crippen LogP) is 2.62. The first-order chi connectivity index (χ1) is 19.8.